The van der Waals surface area contributed by atoms with Gasteiger partial charge in [-0.2, -0.15) is 0 Å². The van der Waals surface area contributed by atoms with Crippen LogP contribution in [0.2, 0.25) is 0 Å². The van der Waals surface area contributed by atoms with Crippen molar-refractivity contribution in [2.75, 3.05) is 65.6 Å². The van der Waals surface area contributed by atoms with Crippen LogP contribution >= 0.6 is 0 Å². The number of nitrogens with zero attached hydrogens (tertiary/aromatic N) is 3. The van der Waals surface area contributed by atoms with E-state index in [2.05, 4.69) is 110 Å². The van der Waals surface area contributed by atoms with Crippen molar-refractivity contribution in [3.05, 3.63) is 94.2 Å². The van der Waals surface area contributed by atoms with Gasteiger partial charge in [-0.3, -0.25) is 106 Å². The Morgan fingerprint density at radius 1 is 0.469 bits per heavy atom. The first-order valence-electron chi connectivity index (χ1n) is 45.7. The first-order chi connectivity index (χ1) is 67.6. The number of unbranched alkanes of at least 4 members (excludes halogenated alkanes) is 2. The number of guanidine groups is 2. The van der Waals surface area contributed by atoms with Gasteiger partial charge in [-0.1, -0.05) is 39.8 Å². The Hall–Kier alpha value is -16.0. The number of aliphatic carboxylic acids is 1. The fourth-order valence-electron chi connectivity index (χ4n) is 14.1. The van der Waals surface area contributed by atoms with Crippen LogP contribution in [-0.2, 0) is 92.7 Å². The molecule has 0 unspecified atom stereocenters. The molecule has 1 aromatic heterocycles. The number of aromatic carboxylic acids is 1. The molecular formula is C89H129N27O27. The Bertz CT molecular complexity index is 5410. The minimum absolute atomic E-state index is 0.00422. The topological polar surface area (TPSA) is 887 Å². The number of aliphatic hydroxyl groups is 2. The van der Waals surface area contributed by atoms with Gasteiger partial charge in [0.25, 0.3) is 5.91 Å². The molecular weight excluding hydrogens is 1880 g/mol. The van der Waals surface area contributed by atoms with E-state index >= 15 is 0 Å². The Labute approximate surface area is 818 Å². The minimum atomic E-state index is -1.80. The summed E-state index contributed by atoms with van der Waals surface area (Å²) >= 11 is 0. The number of fused-ring (bicyclic) bond motifs is 2. The molecule has 3 aromatic rings. The summed E-state index contributed by atoms with van der Waals surface area (Å²) in [7, 11) is 0. The van der Waals surface area contributed by atoms with Crippen molar-refractivity contribution >= 4 is 141 Å². The van der Waals surface area contributed by atoms with E-state index in [-0.39, 0.29) is 148 Å². The van der Waals surface area contributed by atoms with Crippen LogP contribution in [0.5, 0.6) is 5.75 Å². The molecule has 18 amide bonds. The van der Waals surface area contributed by atoms with Crippen LogP contribution in [0, 0.1) is 11.8 Å². The van der Waals surface area contributed by atoms with Crippen molar-refractivity contribution < 1.29 is 126 Å². The van der Waals surface area contributed by atoms with Crippen LogP contribution in [0.1, 0.15) is 158 Å². The third-order valence-corrected chi connectivity index (χ3v) is 21.5. The average Bonchev–Trinajstić information content (AvgIpc) is 0.925. The number of carbonyl (C=O) groups excluding carboxylic acids is 18. The lowest BCUT2D eigenvalue weighted by Gasteiger charge is -2.29. The smallest absolute Gasteiger partial charge is 0.336 e. The lowest BCUT2D eigenvalue weighted by molar-refractivity contribution is -0.139. The fourth-order valence-corrected chi connectivity index (χ4v) is 14.1. The number of aromatic hydroxyl groups is 1. The number of primary amides is 1. The number of aliphatic hydroxyl groups excluding tert-OH is 2. The Morgan fingerprint density at radius 2 is 0.951 bits per heavy atom. The van der Waals surface area contributed by atoms with Gasteiger partial charge < -0.3 is 160 Å². The van der Waals surface area contributed by atoms with E-state index in [0.717, 1.165) is 6.92 Å². The van der Waals surface area contributed by atoms with E-state index < -0.39 is 260 Å². The van der Waals surface area contributed by atoms with E-state index in [9.17, 15) is 126 Å². The molecule has 1 aliphatic heterocycles. The van der Waals surface area contributed by atoms with Crippen LogP contribution < -0.4 is 130 Å². The average molecular weight is 2010 g/mol. The first kappa shape index (κ1) is 117. The summed E-state index contributed by atoms with van der Waals surface area (Å²) in [6.45, 7) is 4.85. The number of carboxylic acid groups (broad SMARTS) is 2. The van der Waals surface area contributed by atoms with Gasteiger partial charge in [-0.25, -0.2) is 9.78 Å². The summed E-state index contributed by atoms with van der Waals surface area (Å²) in [5.74, 6) is -22.2. The number of nitrogens with two attached hydrogens (primary N) is 6. The summed E-state index contributed by atoms with van der Waals surface area (Å²) in [5.41, 5.74) is 33.7. The number of hydrogen-bond donors (Lipinski definition) is 29. The number of hydrogen-bond acceptors (Lipinski definition) is 29. The van der Waals surface area contributed by atoms with Crippen molar-refractivity contribution in [1.82, 2.24) is 100 Å². The van der Waals surface area contributed by atoms with Gasteiger partial charge in [0.05, 0.1) is 56.8 Å². The van der Waals surface area contributed by atoms with E-state index in [4.69, 9.17) is 38.8 Å². The number of nitrogens with one attached hydrogen (secondary N) is 18. The van der Waals surface area contributed by atoms with Crippen LogP contribution in [-0.4, -0.2) is 304 Å². The third-order valence-electron chi connectivity index (χ3n) is 21.5. The van der Waals surface area contributed by atoms with Gasteiger partial charge in [0.2, 0.25) is 100 Å². The molecule has 0 radical (unpaired) electrons. The van der Waals surface area contributed by atoms with Crippen LogP contribution in [0.3, 0.4) is 0 Å². The van der Waals surface area contributed by atoms with E-state index in [1.54, 1.807) is 13.8 Å². The highest BCUT2D eigenvalue weighted by atomic mass is 16.4. The van der Waals surface area contributed by atoms with Crippen molar-refractivity contribution in [1.29, 1.82) is 0 Å². The molecule has 2 heterocycles. The third kappa shape index (κ3) is 40.4. The number of rotatable bonds is 62. The molecule has 54 heteroatoms. The van der Waals surface area contributed by atoms with Crippen LogP contribution in [0.15, 0.2) is 86.3 Å². The fraction of sp³-hybridized carbons (Fsp3) is 0.506. The number of aromatic amines is 1. The molecule has 143 heavy (non-hydrogen) atoms. The molecule has 0 spiro atoms. The number of amides is 18. The van der Waals surface area contributed by atoms with E-state index in [1.807, 2.05) is 0 Å². The molecule has 782 valence electrons. The zero-order valence-corrected chi connectivity index (χ0v) is 79.9. The maximum atomic E-state index is 14.8. The zero-order valence-electron chi connectivity index (χ0n) is 79.9. The maximum Gasteiger partial charge on any atom is 0.336 e. The number of imidazole rings is 1. The number of benzene rings is 3. The van der Waals surface area contributed by atoms with Gasteiger partial charge in [-0.15, -0.1) is 0 Å². The van der Waals surface area contributed by atoms with Crippen LogP contribution in [0.25, 0.3) is 33.4 Å². The molecule has 0 saturated carbocycles. The highest BCUT2D eigenvalue weighted by molar-refractivity contribution is 6.14. The monoisotopic (exact) mass is 2010 g/mol. The van der Waals surface area contributed by atoms with E-state index in [1.165, 1.54) is 94.8 Å². The standard InChI is InChI=1S/C89H129N27O27/c1-43(2)31-60(113-83(137)61(32-48-35-96-42-104-48)114-86(140)73(44(3)4)116-81(135)59(25-26-70(126)127)110-76(130)45(5)105-78(132)57(19-13-29-98-88(92)93)109-75(129)46(6)106-84(138)63(41-118)108-68(124)38-100-47(7)119)82(136)112-58(20-14-30-99-89(94)95)79(133)111-56(18-8-10-27-90)80(134)115-62(40-117)77(131)103-37-67(123)101-36-66(122)102-39-69(125)107-55(74(91)128)17-9-11-28-97-85(139)72-53(15-12-16-54(72)87(141)142)71-51-23-21-49(120)33-64(51)143-65-34-50(121)22-24-52(65)71/h12,15-16,21-24,33-35,42-46,55-63,73,117-118,120H,8-11,13-14,17-20,25-32,36-41,90H2,1-7H3,(H2,91,128)(H,96,104)(H,97,139)(H,100,119)(H,101,123)(H,102,122)(H,103,131)(H,105,132)(H,106,138)(H,107,125)(H,108,124)(H,109,129)(H,110,130)(H,111,133)(H,112,136)(H,113,137)(H,114,140)(H,115,134)(H,116,135)(H,126,127)(H,141,142)(H4,92,93,98)(H4,94,95,99)/t45-,46-,55-,56-,57-,58-,59-,60-,61-,62-,63-,73-/m0/s1. The number of carbonyl (C=O) groups is 20. The maximum absolute atomic E-state index is 14.8. The predicted molar refractivity (Wildman–Crippen MR) is 511 cm³/mol. The lowest BCUT2D eigenvalue weighted by atomic mass is 9.88. The summed E-state index contributed by atoms with van der Waals surface area (Å²) in [5, 5.41) is 91.7. The van der Waals surface area contributed by atoms with Crippen molar-refractivity contribution in [2.24, 2.45) is 56.2 Å². The Balaban J connectivity index is 1.20. The molecule has 0 fully saturated rings. The molecule has 0 bridgehead atoms. The SMILES string of the molecule is CC(=O)NCC(=O)N[C@@H](CO)C(=O)N[C@@H](C)C(=O)N[C@@H](CCCN=C(N)N)C(=O)N[C@@H](C)C(=O)N[C@@H](CCC(=O)O)C(=O)N[C@H](C(=O)N[C@@H](Cc1cnc[nH]1)C(=O)N[C@@H](CC(C)C)C(=O)N[C@@H](CCCN=C(N)N)C(=O)N[C@@H](CCCCN)C(=O)N[C@@H](CO)C(=O)NCC(=O)NCC(=O)NCC(=O)N[C@@H](CCCCNC(=O)c1c(C(=O)O)cccc1-c1c2ccc(=O)cc-2oc2cc(O)ccc12)C(N)=O)C(C)C. The normalized spacial score (nSPS) is 13.5. The summed E-state index contributed by atoms with van der Waals surface area (Å²) < 4.78 is 5.92. The number of phenolic OH excluding ortho intramolecular Hbond substituents is 1. The Kier molecular flexibility index (Phi) is 48.8. The molecule has 0 saturated heterocycles. The second kappa shape index (κ2) is 59.4. The number of aliphatic imine (C=N–C) groups is 2. The lowest BCUT2D eigenvalue weighted by Crippen LogP contribution is -2.61. The molecule has 2 aromatic carbocycles. The van der Waals surface area contributed by atoms with Gasteiger partial charge in [0.15, 0.2) is 17.3 Å². The van der Waals surface area contributed by atoms with Gasteiger partial charge in [0.1, 0.15) is 89.6 Å². The van der Waals surface area contributed by atoms with Gasteiger partial charge in [-0.05, 0) is 145 Å². The Morgan fingerprint density at radius 3 is 1.48 bits per heavy atom. The molecule has 5 rings (SSSR count). The molecule has 2 aliphatic rings. The number of H-pyrrole nitrogens is 1. The summed E-state index contributed by atoms with van der Waals surface area (Å²) in [6.07, 6.45) is 0.903. The highest BCUT2D eigenvalue weighted by Gasteiger charge is 2.39. The van der Waals surface area contributed by atoms with Gasteiger partial charge >= 0.3 is 11.9 Å². The zero-order chi connectivity index (χ0) is 106. The quantitative estimate of drug-likeness (QED) is 0.00744. The second-order valence-corrected chi connectivity index (χ2v) is 33.9. The van der Waals surface area contributed by atoms with Gasteiger partial charge in [0, 0.05) is 79.9 Å². The number of carboxylic acids is 2. The number of phenols is 1. The molecule has 12 atom stereocenters. The molecule has 1 aliphatic carbocycles. The van der Waals surface area contributed by atoms with Crippen molar-refractivity contribution in [3.8, 4) is 28.2 Å². The summed E-state index contributed by atoms with van der Waals surface area (Å²) in [4.78, 5) is 296. The summed E-state index contributed by atoms with van der Waals surface area (Å²) in [6, 6.07) is -6.46. The van der Waals surface area contributed by atoms with E-state index in [0.29, 0.717) is 22.9 Å². The second-order valence-electron chi connectivity index (χ2n) is 33.9. The first-order valence-corrected chi connectivity index (χ1v) is 45.7. The molecule has 54 nitrogen and oxygen atoms in total. The highest BCUT2D eigenvalue weighted by Crippen LogP contribution is 2.43. The van der Waals surface area contributed by atoms with Crippen molar-refractivity contribution in [3.63, 3.8) is 0 Å². The minimum Gasteiger partial charge on any atom is -0.508 e. The number of aromatic nitrogens is 2. The van der Waals surface area contributed by atoms with Crippen molar-refractivity contribution in [2.45, 2.75) is 211 Å². The largest absolute Gasteiger partial charge is 0.508 e. The predicted octanol–water partition coefficient (Wildman–Crippen LogP) is -8.55. The van der Waals surface area contributed by atoms with Crippen LogP contribution in [0.4, 0.5) is 0 Å². The molecule has 35 N–H and O–H groups in total.